The summed E-state index contributed by atoms with van der Waals surface area (Å²) < 4.78 is 0. The number of fused-ring (bicyclic) bond motifs is 2. The van der Waals surface area contributed by atoms with Crippen LogP contribution in [0, 0.1) is 0 Å². The van der Waals surface area contributed by atoms with E-state index >= 15 is 0 Å². The van der Waals surface area contributed by atoms with Gasteiger partial charge in [-0.1, -0.05) is 39.5 Å². The monoisotopic (exact) mass is 445 g/mol. The molecule has 5 rings (SSSR count). The molecule has 4 aliphatic rings. The molecule has 0 aromatic carbocycles. The molecule has 32 heavy (non-hydrogen) atoms. The van der Waals surface area contributed by atoms with Crippen LogP contribution in [-0.4, -0.2) is 65.5 Å². The summed E-state index contributed by atoms with van der Waals surface area (Å²) in [4.78, 5) is 23.5. The van der Waals surface area contributed by atoms with Gasteiger partial charge in [0.25, 0.3) is 0 Å². The van der Waals surface area contributed by atoms with Gasteiger partial charge in [0.15, 0.2) is 0 Å². The molecular weight excluding hydrogens is 398 g/mol. The zero-order valence-electron chi connectivity index (χ0n) is 21.2. The van der Waals surface area contributed by atoms with E-state index < -0.39 is 0 Å². The van der Waals surface area contributed by atoms with Gasteiger partial charge in [0, 0.05) is 43.6 Å². The van der Waals surface area contributed by atoms with Gasteiger partial charge in [0.2, 0.25) is 5.95 Å². The highest BCUT2D eigenvalue weighted by Crippen LogP contribution is 2.34. The van der Waals surface area contributed by atoms with Crippen LogP contribution in [0.1, 0.15) is 97.5 Å². The van der Waals surface area contributed by atoms with Crippen molar-refractivity contribution in [3.05, 3.63) is 18.0 Å². The Bertz CT molecular complexity index is 608. The molecule has 2 bridgehead atoms. The molecule has 1 aromatic heterocycles. The fourth-order valence-corrected chi connectivity index (χ4v) is 4.76. The van der Waals surface area contributed by atoms with E-state index in [1.54, 1.807) is 0 Å². The first-order valence-electron chi connectivity index (χ1n) is 13.1. The van der Waals surface area contributed by atoms with Gasteiger partial charge in [0.1, 0.15) is 6.29 Å². The number of aldehydes is 1. The van der Waals surface area contributed by atoms with E-state index in [4.69, 9.17) is 14.8 Å². The van der Waals surface area contributed by atoms with Gasteiger partial charge in [0.05, 0.1) is 0 Å². The van der Waals surface area contributed by atoms with Crippen molar-refractivity contribution in [2.45, 2.75) is 110 Å². The topological polar surface area (TPSA) is 61.4 Å². The summed E-state index contributed by atoms with van der Waals surface area (Å²) in [6.07, 6.45) is 15.9. The van der Waals surface area contributed by atoms with E-state index in [9.17, 15) is 0 Å². The molecule has 2 unspecified atom stereocenters. The first kappa shape index (κ1) is 26.7. The summed E-state index contributed by atoms with van der Waals surface area (Å²) in [7, 11) is 0. The third kappa shape index (κ3) is 7.51. The van der Waals surface area contributed by atoms with Gasteiger partial charge in [-0.25, -0.2) is 9.97 Å². The highest BCUT2D eigenvalue weighted by Gasteiger charge is 2.41. The average Bonchev–Trinajstić information content (AvgIpc) is 3.04. The Morgan fingerprint density at radius 3 is 1.81 bits per heavy atom. The number of piperidine rings is 1. The van der Waals surface area contributed by atoms with Crippen LogP contribution in [0.15, 0.2) is 12.4 Å². The molecule has 1 saturated carbocycles. The maximum absolute atomic E-state index is 8.81. The Morgan fingerprint density at radius 1 is 0.938 bits per heavy atom. The zero-order chi connectivity index (χ0) is 23.3. The van der Waals surface area contributed by atoms with Crippen molar-refractivity contribution in [3.8, 4) is 0 Å². The number of aromatic nitrogens is 2. The van der Waals surface area contributed by atoms with Gasteiger partial charge >= 0.3 is 0 Å². The summed E-state index contributed by atoms with van der Waals surface area (Å²) in [5, 5.41) is 3.43. The number of carbonyl (C=O) groups is 1. The second-order valence-corrected chi connectivity index (χ2v) is 9.33. The number of rotatable bonds is 3. The van der Waals surface area contributed by atoms with Gasteiger partial charge < -0.3 is 15.0 Å². The minimum Gasteiger partial charge on any atom is -0.332 e. The molecule has 2 atom stereocenters. The lowest BCUT2D eigenvalue weighted by molar-refractivity contribution is -0.106. The summed E-state index contributed by atoms with van der Waals surface area (Å²) >= 11 is 0. The Morgan fingerprint density at radius 2 is 1.41 bits per heavy atom. The summed E-state index contributed by atoms with van der Waals surface area (Å²) in [6.45, 7) is 14.6. The number of nitrogens with one attached hydrogen (secondary N) is 1. The van der Waals surface area contributed by atoms with Crippen molar-refractivity contribution in [2.24, 2.45) is 0 Å². The average molecular weight is 446 g/mol. The molecule has 6 heteroatoms. The van der Waals surface area contributed by atoms with Gasteiger partial charge in [-0.15, -0.1) is 0 Å². The van der Waals surface area contributed by atoms with Crippen LogP contribution in [0.4, 0.5) is 5.95 Å². The predicted molar refractivity (Wildman–Crippen MR) is 134 cm³/mol. The molecule has 1 aromatic rings. The van der Waals surface area contributed by atoms with E-state index in [0.29, 0.717) is 24.0 Å². The van der Waals surface area contributed by atoms with Crippen LogP contribution < -0.4 is 10.2 Å². The number of nitrogens with zero attached hydrogens (tertiary/aromatic N) is 4. The fourth-order valence-electron chi connectivity index (χ4n) is 4.76. The van der Waals surface area contributed by atoms with Crippen LogP contribution in [0.25, 0.3) is 0 Å². The smallest absolute Gasteiger partial charge is 0.225 e. The second kappa shape index (κ2) is 14.6. The molecule has 0 amide bonds. The van der Waals surface area contributed by atoms with E-state index in [2.05, 4.69) is 41.4 Å². The van der Waals surface area contributed by atoms with Crippen LogP contribution in [0.5, 0.6) is 0 Å². The molecule has 4 heterocycles. The zero-order valence-corrected chi connectivity index (χ0v) is 21.2. The standard InChI is InChI=1S/C18H29N5.C4H8.C2H4O.C2H6/c1-13(2)22-11-16-3-4-17(12-22)23(16)18-20-9-15(10-21-18)14-5-7-19-8-6-14;1-2-4-3-1;1-2-3;1-2/h9-10,13-14,16-17,19H,3-8,11-12H2,1-2H3;1-4H2;2H,1H3;1-2H3. The fraction of sp³-hybridized carbons (Fsp3) is 0.808. The molecule has 1 N–H and O–H groups in total. The predicted octanol–water partition coefficient (Wildman–Crippen LogP) is 4.80. The Hall–Kier alpha value is -1.53. The molecular formula is C26H47N5O. The van der Waals surface area contributed by atoms with Gasteiger partial charge in [-0.05, 0) is 71.0 Å². The van der Waals surface area contributed by atoms with Crippen molar-refractivity contribution in [2.75, 3.05) is 31.1 Å². The Kier molecular flexibility index (Phi) is 12.2. The SMILES string of the molecule is C1CCC1.CC.CC(C)N1CC2CCC(C1)N2c1ncc(C2CCNCC2)cn1.CC=O. The van der Waals surface area contributed by atoms with Crippen molar-refractivity contribution in [3.63, 3.8) is 0 Å². The maximum Gasteiger partial charge on any atom is 0.225 e. The van der Waals surface area contributed by atoms with E-state index in [-0.39, 0.29) is 0 Å². The lowest BCUT2D eigenvalue weighted by atomic mass is 9.92. The molecule has 3 saturated heterocycles. The van der Waals surface area contributed by atoms with Gasteiger partial charge in [-0.3, -0.25) is 4.90 Å². The third-order valence-corrected chi connectivity index (χ3v) is 6.94. The Labute approximate surface area is 196 Å². The first-order valence-corrected chi connectivity index (χ1v) is 13.1. The van der Waals surface area contributed by atoms with Crippen LogP contribution in [0.3, 0.4) is 0 Å². The van der Waals surface area contributed by atoms with Crippen molar-refractivity contribution in [1.29, 1.82) is 0 Å². The van der Waals surface area contributed by atoms with Gasteiger partial charge in [-0.2, -0.15) is 0 Å². The minimum absolute atomic E-state index is 0.598. The first-order chi connectivity index (χ1) is 15.6. The molecule has 0 radical (unpaired) electrons. The maximum atomic E-state index is 8.81. The number of hydrogen-bond donors (Lipinski definition) is 1. The van der Waals surface area contributed by atoms with Crippen molar-refractivity contribution < 1.29 is 4.79 Å². The summed E-state index contributed by atoms with van der Waals surface area (Å²) in [6, 6.07) is 1.84. The van der Waals surface area contributed by atoms with Crippen LogP contribution in [0.2, 0.25) is 0 Å². The number of piperazine rings is 1. The van der Waals surface area contributed by atoms with Crippen molar-refractivity contribution >= 4 is 12.2 Å². The Balaban J connectivity index is 0.000000345. The van der Waals surface area contributed by atoms with E-state index in [0.717, 1.165) is 38.4 Å². The highest BCUT2D eigenvalue weighted by atomic mass is 16.1. The largest absolute Gasteiger partial charge is 0.332 e. The van der Waals surface area contributed by atoms with E-state index in [1.165, 1.54) is 63.9 Å². The molecule has 1 aliphatic carbocycles. The highest BCUT2D eigenvalue weighted by molar-refractivity contribution is 5.44. The summed E-state index contributed by atoms with van der Waals surface area (Å²) in [5.74, 6) is 1.60. The quantitative estimate of drug-likeness (QED) is 0.675. The van der Waals surface area contributed by atoms with Crippen LogP contribution in [-0.2, 0) is 4.79 Å². The molecule has 6 nitrogen and oxygen atoms in total. The minimum atomic E-state index is 0.598. The lowest BCUT2D eigenvalue weighted by Gasteiger charge is -2.42. The molecule has 3 aliphatic heterocycles. The normalized spacial score (nSPS) is 24.8. The third-order valence-electron chi connectivity index (χ3n) is 6.94. The van der Waals surface area contributed by atoms with E-state index in [1.807, 2.05) is 13.8 Å². The molecule has 0 spiro atoms. The lowest BCUT2D eigenvalue weighted by Crippen LogP contribution is -2.56. The number of anilines is 1. The number of carbonyl (C=O) groups excluding carboxylic acids is 1. The van der Waals surface area contributed by atoms with Crippen LogP contribution >= 0.6 is 0 Å². The number of likely N-dealkylation sites (tertiary alicyclic amines) is 1. The van der Waals surface area contributed by atoms with Crippen molar-refractivity contribution in [1.82, 2.24) is 20.2 Å². The summed E-state index contributed by atoms with van der Waals surface area (Å²) in [5.41, 5.74) is 1.32. The molecule has 4 fully saturated rings. The number of hydrogen-bond acceptors (Lipinski definition) is 6. The molecule has 182 valence electrons. The second-order valence-electron chi connectivity index (χ2n) is 9.33.